The number of carbonyl (C=O) groups is 1. The maximum Gasteiger partial charge on any atom is 0.274 e. The highest BCUT2D eigenvalue weighted by Crippen LogP contribution is 2.35. The summed E-state index contributed by atoms with van der Waals surface area (Å²) in [6.07, 6.45) is 1.70. The van der Waals surface area contributed by atoms with E-state index in [1.54, 1.807) is 34.9 Å². The van der Waals surface area contributed by atoms with Gasteiger partial charge in [0.1, 0.15) is 23.0 Å². The van der Waals surface area contributed by atoms with Crippen molar-refractivity contribution < 1.29 is 13.9 Å². The van der Waals surface area contributed by atoms with Gasteiger partial charge in [-0.2, -0.15) is 0 Å². The lowest BCUT2D eigenvalue weighted by molar-refractivity contribution is 0.0854. The number of anilines is 1. The molecule has 0 saturated carbocycles. The molecule has 4 rings (SSSR count). The van der Waals surface area contributed by atoms with Crippen LogP contribution in [-0.2, 0) is 0 Å². The number of benzene rings is 1. The first-order chi connectivity index (χ1) is 13.0. The van der Waals surface area contributed by atoms with Crippen molar-refractivity contribution in [3.63, 3.8) is 0 Å². The number of carbonyl (C=O) groups excluding carboxylic acids is 1. The van der Waals surface area contributed by atoms with Gasteiger partial charge in [-0.05, 0) is 31.3 Å². The van der Waals surface area contributed by atoms with Gasteiger partial charge in [-0.1, -0.05) is 6.07 Å². The van der Waals surface area contributed by atoms with Crippen LogP contribution >= 0.6 is 0 Å². The molecule has 1 amide bonds. The van der Waals surface area contributed by atoms with Crippen molar-refractivity contribution in [2.45, 2.75) is 6.04 Å². The van der Waals surface area contributed by atoms with Crippen LogP contribution in [0.25, 0.3) is 16.8 Å². The van der Waals surface area contributed by atoms with Gasteiger partial charge in [-0.15, -0.1) is 0 Å². The third-order valence-electron chi connectivity index (χ3n) is 4.77. The molecule has 2 aromatic heterocycles. The van der Waals surface area contributed by atoms with Gasteiger partial charge in [0, 0.05) is 24.8 Å². The Kier molecular flexibility index (Phi) is 4.19. The average Bonchev–Trinajstić information content (AvgIpc) is 2.97. The number of amides is 1. The van der Waals surface area contributed by atoms with Crippen LogP contribution in [0.15, 0.2) is 36.5 Å². The van der Waals surface area contributed by atoms with Crippen LogP contribution in [0, 0.1) is 5.82 Å². The number of hydrogen-bond acceptors (Lipinski definition) is 5. The van der Waals surface area contributed by atoms with Gasteiger partial charge in [0.05, 0.1) is 18.7 Å². The average molecular weight is 369 g/mol. The third-order valence-corrected chi connectivity index (χ3v) is 4.77. The number of halogens is 1. The van der Waals surface area contributed by atoms with Crippen LogP contribution in [-0.4, -0.2) is 53.5 Å². The van der Waals surface area contributed by atoms with E-state index in [1.165, 1.54) is 13.2 Å². The SMILES string of the molecule is COc1cccc(F)c1-c1cccn2c(N)c(C(=O)NC3CN(C)C3)nc12. The van der Waals surface area contributed by atoms with Crippen LogP contribution in [0.2, 0.25) is 0 Å². The first-order valence-electron chi connectivity index (χ1n) is 8.58. The second-order valence-electron chi connectivity index (χ2n) is 6.67. The van der Waals surface area contributed by atoms with Gasteiger partial charge < -0.3 is 20.7 Å². The Labute approximate surface area is 155 Å². The molecule has 3 heterocycles. The number of ether oxygens (including phenoxy) is 1. The number of nitrogens with zero attached hydrogens (tertiary/aromatic N) is 3. The van der Waals surface area contributed by atoms with Gasteiger partial charge in [0.15, 0.2) is 5.69 Å². The normalized spacial score (nSPS) is 14.9. The predicted octanol–water partition coefficient (Wildman–Crippen LogP) is 1.77. The van der Waals surface area contributed by atoms with Crippen molar-refractivity contribution in [3.05, 3.63) is 48.0 Å². The van der Waals surface area contributed by atoms with Gasteiger partial charge >= 0.3 is 0 Å². The number of pyridine rings is 1. The van der Waals surface area contributed by atoms with E-state index in [-0.39, 0.29) is 29.0 Å². The zero-order chi connectivity index (χ0) is 19.1. The van der Waals surface area contributed by atoms with E-state index < -0.39 is 5.82 Å². The van der Waals surface area contributed by atoms with Gasteiger partial charge in [-0.25, -0.2) is 9.37 Å². The monoisotopic (exact) mass is 369 g/mol. The molecular weight excluding hydrogens is 349 g/mol. The summed E-state index contributed by atoms with van der Waals surface area (Å²) in [5.41, 5.74) is 7.47. The standard InChI is InChI=1S/C19H20FN5O2/c1-24-9-11(10-24)22-19(26)16-17(21)25-8-4-5-12(18(25)23-16)15-13(20)6-3-7-14(15)27-2/h3-8,11H,9-10,21H2,1-2H3,(H,22,26). The maximum absolute atomic E-state index is 14.5. The summed E-state index contributed by atoms with van der Waals surface area (Å²) < 4.78 is 21.4. The minimum atomic E-state index is -0.437. The lowest BCUT2D eigenvalue weighted by Crippen LogP contribution is -2.57. The van der Waals surface area contributed by atoms with Crippen LogP contribution in [0.3, 0.4) is 0 Å². The van der Waals surface area contributed by atoms with E-state index in [0.717, 1.165) is 13.1 Å². The molecule has 0 spiro atoms. The minimum absolute atomic E-state index is 0.0813. The fourth-order valence-electron chi connectivity index (χ4n) is 3.43. The molecule has 3 N–H and O–H groups in total. The molecule has 27 heavy (non-hydrogen) atoms. The molecule has 0 aliphatic carbocycles. The highest BCUT2D eigenvalue weighted by atomic mass is 19.1. The molecule has 0 radical (unpaired) electrons. The fraction of sp³-hybridized carbons (Fsp3) is 0.263. The van der Waals surface area contributed by atoms with Crippen LogP contribution in [0.1, 0.15) is 10.5 Å². The summed E-state index contributed by atoms with van der Waals surface area (Å²) in [6.45, 7) is 1.58. The van der Waals surface area contributed by atoms with E-state index in [0.29, 0.717) is 17.0 Å². The summed E-state index contributed by atoms with van der Waals surface area (Å²) >= 11 is 0. The number of hydrogen-bond donors (Lipinski definition) is 2. The Morgan fingerprint density at radius 2 is 2.11 bits per heavy atom. The number of likely N-dealkylation sites (tertiary alicyclic amines) is 1. The van der Waals surface area contributed by atoms with Gasteiger partial charge in [0.2, 0.25) is 0 Å². The van der Waals surface area contributed by atoms with Crippen molar-refractivity contribution >= 4 is 17.4 Å². The van der Waals surface area contributed by atoms with Crippen LogP contribution < -0.4 is 15.8 Å². The number of rotatable bonds is 4. The molecule has 1 saturated heterocycles. The van der Waals surface area contributed by atoms with Crippen molar-refractivity contribution in [2.75, 3.05) is 33.0 Å². The molecule has 1 aromatic carbocycles. The van der Waals surface area contributed by atoms with E-state index in [2.05, 4.69) is 15.2 Å². The second kappa shape index (κ2) is 6.55. The quantitative estimate of drug-likeness (QED) is 0.732. The molecule has 3 aromatic rings. The van der Waals surface area contributed by atoms with Gasteiger partial charge in [-0.3, -0.25) is 9.20 Å². The summed E-state index contributed by atoms with van der Waals surface area (Å²) in [6, 6.07) is 8.15. The number of fused-ring (bicyclic) bond motifs is 1. The lowest BCUT2D eigenvalue weighted by atomic mass is 10.1. The zero-order valence-corrected chi connectivity index (χ0v) is 15.1. The maximum atomic E-state index is 14.5. The predicted molar refractivity (Wildman–Crippen MR) is 100 cm³/mol. The molecule has 8 heteroatoms. The largest absolute Gasteiger partial charge is 0.496 e. The van der Waals surface area contributed by atoms with E-state index >= 15 is 0 Å². The molecule has 140 valence electrons. The molecule has 1 fully saturated rings. The van der Waals surface area contributed by atoms with Crippen molar-refractivity contribution in [3.8, 4) is 16.9 Å². The smallest absolute Gasteiger partial charge is 0.274 e. The summed E-state index contributed by atoms with van der Waals surface area (Å²) in [5, 5.41) is 2.92. The second-order valence-corrected chi connectivity index (χ2v) is 6.67. The first-order valence-corrected chi connectivity index (χ1v) is 8.58. The molecule has 1 aliphatic rings. The molecule has 7 nitrogen and oxygen atoms in total. The van der Waals surface area contributed by atoms with Crippen LogP contribution in [0.4, 0.5) is 10.2 Å². The lowest BCUT2D eigenvalue weighted by Gasteiger charge is -2.36. The Balaban J connectivity index is 1.80. The Morgan fingerprint density at radius 3 is 2.81 bits per heavy atom. The summed E-state index contributed by atoms with van der Waals surface area (Å²) in [5.74, 6) is -0.172. The topological polar surface area (TPSA) is 84.9 Å². The van der Waals surface area contributed by atoms with E-state index in [1.807, 2.05) is 7.05 Å². The van der Waals surface area contributed by atoms with E-state index in [9.17, 15) is 9.18 Å². The summed E-state index contributed by atoms with van der Waals surface area (Å²) in [4.78, 5) is 19.1. The molecule has 1 aliphatic heterocycles. The molecule has 0 atom stereocenters. The zero-order valence-electron chi connectivity index (χ0n) is 15.1. The van der Waals surface area contributed by atoms with Crippen molar-refractivity contribution in [1.82, 2.24) is 19.6 Å². The number of likely N-dealkylation sites (N-methyl/N-ethyl adjacent to an activating group) is 1. The van der Waals surface area contributed by atoms with Gasteiger partial charge in [0.25, 0.3) is 5.91 Å². The van der Waals surface area contributed by atoms with Crippen LogP contribution in [0.5, 0.6) is 5.75 Å². The number of aromatic nitrogens is 2. The summed E-state index contributed by atoms with van der Waals surface area (Å²) in [7, 11) is 3.46. The molecule has 0 bridgehead atoms. The number of methoxy groups -OCH3 is 1. The molecular formula is C19H20FN5O2. The Hall–Kier alpha value is -3.13. The minimum Gasteiger partial charge on any atom is -0.496 e. The fourth-order valence-corrected chi connectivity index (χ4v) is 3.43. The van der Waals surface area contributed by atoms with Crippen molar-refractivity contribution in [1.29, 1.82) is 0 Å². The number of nitrogens with two attached hydrogens (primary N) is 1. The Bertz CT molecular complexity index is 1030. The van der Waals surface area contributed by atoms with E-state index in [4.69, 9.17) is 10.5 Å². The Morgan fingerprint density at radius 1 is 1.33 bits per heavy atom. The third kappa shape index (κ3) is 2.87. The number of imidazole rings is 1. The first kappa shape index (κ1) is 17.3. The van der Waals surface area contributed by atoms with Crippen molar-refractivity contribution in [2.24, 2.45) is 0 Å². The highest BCUT2D eigenvalue weighted by Gasteiger charge is 2.28. The number of nitrogen functional groups attached to an aromatic ring is 1. The molecule has 0 unspecified atom stereocenters. The number of nitrogens with one attached hydrogen (secondary N) is 1. The highest BCUT2D eigenvalue weighted by molar-refractivity contribution is 5.99.